The minimum absolute atomic E-state index is 0.669. The van der Waals surface area contributed by atoms with Crippen molar-refractivity contribution < 1.29 is 0 Å². The van der Waals surface area contributed by atoms with E-state index in [4.69, 9.17) is 17.3 Å². The van der Waals surface area contributed by atoms with Crippen LogP contribution < -0.4 is 10.6 Å². The smallest absolute Gasteiger partial charge is 0.0410 e. The zero-order valence-corrected chi connectivity index (χ0v) is 13.0. The number of hydrogen-bond acceptors (Lipinski definition) is 2. The molecule has 3 heteroatoms. The van der Waals surface area contributed by atoms with Crippen molar-refractivity contribution in [2.24, 2.45) is 5.73 Å². The van der Waals surface area contributed by atoms with Crippen LogP contribution in [0.25, 0.3) is 0 Å². The molecule has 0 aromatic heterocycles. The second kappa shape index (κ2) is 9.22. The Kier molecular flexibility index (Phi) is 7.92. The maximum atomic E-state index is 6.11. The fourth-order valence-corrected chi connectivity index (χ4v) is 2.46. The van der Waals surface area contributed by atoms with Gasteiger partial charge in [0.25, 0.3) is 0 Å². The lowest BCUT2D eigenvalue weighted by molar-refractivity contribution is 0.675. The van der Waals surface area contributed by atoms with Crippen LogP contribution in [0.1, 0.15) is 45.1 Å². The SMILES string of the molecule is CCCCN(CCCC)c1ccc(Cl)cc1CCN. The minimum atomic E-state index is 0.669. The Morgan fingerprint density at radius 1 is 1.11 bits per heavy atom. The largest absolute Gasteiger partial charge is 0.371 e. The third-order valence-electron chi connectivity index (χ3n) is 3.36. The summed E-state index contributed by atoms with van der Waals surface area (Å²) >= 11 is 6.11. The standard InChI is InChI=1S/C16H27ClN2/c1-3-5-11-19(12-6-4-2)16-8-7-15(17)13-14(16)9-10-18/h7-8,13H,3-6,9-12,18H2,1-2H3. The van der Waals surface area contributed by atoms with Gasteiger partial charge in [-0.1, -0.05) is 38.3 Å². The van der Waals surface area contributed by atoms with E-state index >= 15 is 0 Å². The number of unbranched alkanes of at least 4 members (excludes halogenated alkanes) is 2. The molecule has 0 unspecified atom stereocenters. The lowest BCUT2D eigenvalue weighted by Gasteiger charge is -2.27. The van der Waals surface area contributed by atoms with Crippen LogP contribution in [0, 0.1) is 0 Å². The van der Waals surface area contributed by atoms with Gasteiger partial charge in [-0.25, -0.2) is 0 Å². The molecule has 1 aromatic carbocycles. The Morgan fingerprint density at radius 3 is 2.26 bits per heavy atom. The number of nitrogens with two attached hydrogens (primary N) is 1. The molecule has 0 aliphatic rings. The summed E-state index contributed by atoms with van der Waals surface area (Å²) < 4.78 is 0. The third-order valence-corrected chi connectivity index (χ3v) is 3.59. The Hall–Kier alpha value is -0.730. The molecule has 0 aliphatic heterocycles. The van der Waals surface area contributed by atoms with Gasteiger partial charge in [-0.05, 0) is 49.6 Å². The average Bonchev–Trinajstić information content (AvgIpc) is 2.40. The third kappa shape index (κ3) is 5.42. The van der Waals surface area contributed by atoms with Gasteiger partial charge in [0.1, 0.15) is 0 Å². The number of nitrogens with zero attached hydrogens (tertiary/aromatic N) is 1. The minimum Gasteiger partial charge on any atom is -0.371 e. The zero-order valence-electron chi connectivity index (χ0n) is 12.3. The van der Waals surface area contributed by atoms with Crippen LogP contribution in [0.5, 0.6) is 0 Å². The summed E-state index contributed by atoms with van der Waals surface area (Å²) in [7, 11) is 0. The molecule has 19 heavy (non-hydrogen) atoms. The molecule has 1 rings (SSSR count). The highest BCUT2D eigenvalue weighted by Gasteiger charge is 2.10. The van der Waals surface area contributed by atoms with Crippen LogP contribution in [-0.2, 0) is 6.42 Å². The topological polar surface area (TPSA) is 29.3 Å². The fourth-order valence-electron chi connectivity index (χ4n) is 2.27. The molecule has 0 atom stereocenters. The summed E-state index contributed by atoms with van der Waals surface area (Å²) in [5, 5.41) is 0.804. The van der Waals surface area contributed by atoms with Gasteiger partial charge in [-0.2, -0.15) is 0 Å². The second-order valence-electron chi connectivity index (χ2n) is 5.01. The van der Waals surface area contributed by atoms with Crippen molar-refractivity contribution in [1.29, 1.82) is 0 Å². The fraction of sp³-hybridized carbons (Fsp3) is 0.625. The van der Waals surface area contributed by atoms with Crippen LogP contribution >= 0.6 is 11.6 Å². The molecule has 0 saturated heterocycles. The van der Waals surface area contributed by atoms with Crippen LogP contribution in [0.4, 0.5) is 5.69 Å². The van der Waals surface area contributed by atoms with E-state index in [9.17, 15) is 0 Å². The molecule has 0 aliphatic carbocycles. The van der Waals surface area contributed by atoms with E-state index in [1.165, 1.54) is 36.9 Å². The Bertz CT molecular complexity index is 358. The molecule has 0 fully saturated rings. The molecule has 1 aromatic rings. The van der Waals surface area contributed by atoms with Crippen molar-refractivity contribution in [2.45, 2.75) is 46.0 Å². The number of anilines is 1. The zero-order chi connectivity index (χ0) is 14.1. The van der Waals surface area contributed by atoms with E-state index in [1.54, 1.807) is 0 Å². The van der Waals surface area contributed by atoms with Gasteiger partial charge in [0, 0.05) is 23.8 Å². The molecule has 2 nitrogen and oxygen atoms in total. The Morgan fingerprint density at radius 2 is 1.74 bits per heavy atom. The monoisotopic (exact) mass is 282 g/mol. The van der Waals surface area contributed by atoms with Gasteiger partial charge in [-0.15, -0.1) is 0 Å². The number of rotatable bonds is 9. The lowest BCUT2D eigenvalue weighted by Crippen LogP contribution is -2.27. The molecule has 0 saturated carbocycles. The van der Waals surface area contributed by atoms with Crippen molar-refractivity contribution in [3.8, 4) is 0 Å². The van der Waals surface area contributed by atoms with Crippen LogP contribution in [0.15, 0.2) is 18.2 Å². The van der Waals surface area contributed by atoms with Crippen molar-refractivity contribution in [3.05, 3.63) is 28.8 Å². The molecule has 0 heterocycles. The maximum absolute atomic E-state index is 6.11. The summed E-state index contributed by atoms with van der Waals surface area (Å²) in [5.74, 6) is 0. The Balaban J connectivity index is 2.91. The molecule has 0 amide bonds. The normalized spacial score (nSPS) is 10.7. The quantitative estimate of drug-likeness (QED) is 0.734. The summed E-state index contributed by atoms with van der Waals surface area (Å²) in [6, 6.07) is 6.20. The van der Waals surface area contributed by atoms with E-state index in [-0.39, 0.29) is 0 Å². The molecule has 0 spiro atoms. The Labute approximate surface area is 122 Å². The average molecular weight is 283 g/mol. The summed E-state index contributed by atoms with van der Waals surface area (Å²) in [5.41, 5.74) is 8.31. The van der Waals surface area contributed by atoms with Crippen LogP contribution in [0.2, 0.25) is 5.02 Å². The van der Waals surface area contributed by atoms with Crippen LogP contribution in [-0.4, -0.2) is 19.6 Å². The first-order valence-corrected chi connectivity index (χ1v) is 7.84. The number of halogens is 1. The first-order chi connectivity index (χ1) is 9.22. The number of benzene rings is 1. The molecule has 0 radical (unpaired) electrons. The number of hydrogen-bond donors (Lipinski definition) is 1. The summed E-state index contributed by atoms with van der Waals surface area (Å²) in [4.78, 5) is 2.49. The highest BCUT2D eigenvalue weighted by Crippen LogP contribution is 2.25. The van der Waals surface area contributed by atoms with Crippen molar-refractivity contribution in [2.75, 3.05) is 24.5 Å². The van der Waals surface area contributed by atoms with E-state index in [1.807, 2.05) is 6.07 Å². The van der Waals surface area contributed by atoms with Gasteiger partial charge < -0.3 is 10.6 Å². The van der Waals surface area contributed by atoms with Gasteiger partial charge in [0.15, 0.2) is 0 Å². The van der Waals surface area contributed by atoms with Crippen molar-refractivity contribution in [3.63, 3.8) is 0 Å². The summed E-state index contributed by atoms with van der Waals surface area (Å²) in [6.45, 7) is 7.38. The van der Waals surface area contributed by atoms with Crippen molar-refractivity contribution >= 4 is 17.3 Å². The van der Waals surface area contributed by atoms with Gasteiger partial charge in [0.2, 0.25) is 0 Å². The second-order valence-corrected chi connectivity index (χ2v) is 5.44. The van der Waals surface area contributed by atoms with Crippen molar-refractivity contribution in [1.82, 2.24) is 0 Å². The predicted octanol–water partition coefficient (Wildman–Crippen LogP) is 4.25. The van der Waals surface area contributed by atoms with Crippen LogP contribution in [0.3, 0.4) is 0 Å². The molecular weight excluding hydrogens is 256 g/mol. The van der Waals surface area contributed by atoms with E-state index < -0.39 is 0 Å². The first kappa shape index (κ1) is 16.3. The summed E-state index contributed by atoms with van der Waals surface area (Å²) in [6.07, 6.45) is 5.80. The van der Waals surface area contributed by atoms with Gasteiger partial charge in [0.05, 0.1) is 0 Å². The van der Waals surface area contributed by atoms with E-state index in [0.29, 0.717) is 6.54 Å². The highest BCUT2D eigenvalue weighted by atomic mass is 35.5. The lowest BCUT2D eigenvalue weighted by atomic mass is 10.1. The molecule has 108 valence electrons. The van der Waals surface area contributed by atoms with E-state index in [0.717, 1.165) is 24.5 Å². The highest BCUT2D eigenvalue weighted by molar-refractivity contribution is 6.30. The maximum Gasteiger partial charge on any atom is 0.0410 e. The van der Waals surface area contributed by atoms with Gasteiger partial charge in [-0.3, -0.25) is 0 Å². The van der Waals surface area contributed by atoms with Gasteiger partial charge >= 0.3 is 0 Å². The van der Waals surface area contributed by atoms with E-state index in [2.05, 4.69) is 30.9 Å². The first-order valence-electron chi connectivity index (χ1n) is 7.46. The molecule has 2 N–H and O–H groups in total. The molecular formula is C16H27ClN2. The molecule has 0 bridgehead atoms. The predicted molar refractivity (Wildman–Crippen MR) is 86.2 cm³/mol.